The average Bonchev–Trinajstić information content (AvgIpc) is 3.18. The van der Waals surface area contributed by atoms with Crippen molar-refractivity contribution in [2.24, 2.45) is 46.3 Å². The molecule has 3 saturated carbocycles. The number of hydrogen-bond acceptors (Lipinski definition) is 1. The van der Waals surface area contributed by atoms with Gasteiger partial charge in [-0.25, -0.2) is 0 Å². The molecule has 3 fully saturated rings. The van der Waals surface area contributed by atoms with Crippen molar-refractivity contribution in [1.82, 2.24) is 0 Å². The summed E-state index contributed by atoms with van der Waals surface area (Å²) in [5.41, 5.74) is 4.39. The molecule has 0 spiro atoms. The predicted molar refractivity (Wildman–Crippen MR) is 166 cm³/mol. The van der Waals surface area contributed by atoms with E-state index >= 15 is 0 Å². The first-order valence-electron chi connectivity index (χ1n) is 16.0. The summed E-state index contributed by atoms with van der Waals surface area (Å²) < 4.78 is 0. The van der Waals surface area contributed by atoms with Gasteiger partial charge >= 0.3 is 0 Å². The molecule has 1 nitrogen and oxygen atoms in total. The Kier molecular flexibility index (Phi) is 10.9. The van der Waals surface area contributed by atoms with Crippen molar-refractivity contribution in [2.45, 2.75) is 131 Å². The summed E-state index contributed by atoms with van der Waals surface area (Å²) in [6.07, 6.45) is 19.4. The van der Waals surface area contributed by atoms with Gasteiger partial charge in [0.25, 0.3) is 0 Å². The predicted octanol–water partition coefficient (Wildman–Crippen LogP) is 11.1. The first kappa shape index (κ1) is 31.2. The SMILES string of the molecule is C=CCCC(=C)C(=C)CCCCCC1C(C(=O)C(CC(=C)CC(C)(C)C)C2CCCCC2)CC2C1C2(C)C. The van der Waals surface area contributed by atoms with Crippen LogP contribution in [0.3, 0.4) is 0 Å². The van der Waals surface area contributed by atoms with Gasteiger partial charge in [0, 0.05) is 11.8 Å². The Morgan fingerprint density at radius 2 is 1.63 bits per heavy atom. The molecule has 5 unspecified atom stereocenters. The van der Waals surface area contributed by atoms with Crippen molar-refractivity contribution in [3.05, 3.63) is 49.1 Å². The number of rotatable bonds is 16. The van der Waals surface area contributed by atoms with Gasteiger partial charge in [0.1, 0.15) is 5.78 Å². The Balaban J connectivity index is 1.61. The minimum atomic E-state index is 0.211. The van der Waals surface area contributed by atoms with Crippen molar-refractivity contribution >= 4 is 5.78 Å². The number of Topliss-reactive ketones (excluding diaryl/α,β-unsaturated/α-hetero) is 1. The normalized spacial score (nSPS) is 27.4. The third kappa shape index (κ3) is 8.08. The Hall–Kier alpha value is -1.37. The Morgan fingerprint density at radius 1 is 0.974 bits per heavy atom. The number of ketones is 1. The molecule has 0 heterocycles. The zero-order valence-electron chi connectivity index (χ0n) is 25.9. The highest BCUT2D eigenvalue weighted by atomic mass is 16.1. The molecule has 3 aliphatic carbocycles. The van der Waals surface area contributed by atoms with Crippen LogP contribution in [0.25, 0.3) is 0 Å². The molecule has 0 radical (unpaired) electrons. The molecule has 1 heteroatoms. The standard InChI is InChI=1S/C37H60O/c1-10-11-18-27(3)28(4)19-14-12-17-22-30-32(24-33-34(30)37(33,8)9)35(38)31(29-20-15-13-16-21-29)23-26(2)25-36(5,6)7/h10,29-34H,1-4,11-25H2,5-9H3. The topological polar surface area (TPSA) is 17.1 Å². The highest BCUT2D eigenvalue weighted by Gasteiger charge is 2.67. The molecule has 0 amide bonds. The van der Waals surface area contributed by atoms with Crippen LogP contribution in [0.5, 0.6) is 0 Å². The minimum absolute atomic E-state index is 0.211. The molecule has 3 aliphatic rings. The van der Waals surface area contributed by atoms with Crippen LogP contribution in [0, 0.1) is 46.3 Å². The van der Waals surface area contributed by atoms with Crippen LogP contribution >= 0.6 is 0 Å². The van der Waals surface area contributed by atoms with Gasteiger partial charge in [-0.2, -0.15) is 0 Å². The molecular weight excluding hydrogens is 460 g/mol. The van der Waals surface area contributed by atoms with Crippen molar-refractivity contribution in [2.75, 3.05) is 0 Å². The molecule has 214 valence electrons. The smallest absolute Gasteiger partial charge is 0.139 e. The fourth-order valence-electron chi connectivity index (χ4n) is 8.46. The number of carbonyl (C=O) groups excluding carboxylic acids is 1. The summed E-state index contributed by atoms with van der Waals surface area (Å²) in [6, 6.07) is 0. The number of carbonyl (C=O) groups is 1. The zero-order chi connectivity index (χ0) is 28.1. The lowest BCUT2D eigenvalue weighted by atomic mass is 9.68. The van der Waals surface area contributed by atoms with Crippen LogP contribution in [-0.2, 0) is 4.79 Å². The van der Waals surface area contributed by atoms with Crippen LogP contribution in [-0.4, -0.2) is 5.78 Å². The van der Waals surface area contributed by atoms with E-state index in [9.17, 15) is 4.79 Å². The van der Waals surface area contributed by atoms with Crippen LogP contribution in [0.4, 0.5) is 0 Å². The maximum atomic E-state index is 14.4. The quantitative estimate of drug-likeness (QED) is 0.112. The summed E-state index contributed by atoms with van der Waals surface area (Å²) in [6.45, 7) is 28.6. The lowest BCUT2D eigenvalue weighted by Crippen LogP contribution is -2.35. The van der Waals surface area contributed by atoms with Crippen molar-refractivity contribution in [1.29, 1.82) is 0 Å². The summed E-state index contributed by atoms with van der Waals surface area (Å²) in [7, 11) is 0. The van der Waals surface area contributed by atoms with Crippen LogP contribution in [0.1, 0.15) is 131 Å². The Morgan fingerprint density at radius 3 is 2.26 bits per heavy atom. The number of allylic oxidation sites excluding steroid dienone is 4. The third-order valence-corrected chi connectivity index (χ3v) is 10.5. The van der Waals surface area contributed by atoms with E-state index in [0.717, 1.165) is 50.4 Å². The van der Waals surface area contributed by atoms with Crippen LogP contribution in [0.15, 0.2) is 49.1 Å². The second-order valence-electron chi connectivity index (χ2n) is 15.2. The first-order valence-corrected chi connectivity index (χ1v) is 16.0. The van der Waals surface area contributed by atoms with Crippen molar-refractivity contribution in [3.63, 3.8) is 0 Å². The molecular formula is C37H60O. The lowest BCUT2D eigenvalue weighted by molar-refractivity contribution is -0.131. The first-order chi connectivity index (χ1) is 17.9. The summed E-state index contributed by atoms with van der Waals surface area (Å²) >= 11 is 0. The Labute approximate surface area is 236 Å². The van der Waals surface area contributed by atoms with Gasteiger partial charge in [-0.1, -0.05) is 109 Å². The maximum absolute atomic E-state index is 14.4. The van der Waals surface area contributed by atoms with E-state index in [1.54, 1.807) is 0 Å². The summed E-state index contributed by atoms with van der Waals surface area (Å²) in [4.78, 5) is 14.4. The fourth-order valence-corrected chi connectivity index (χ4v) is 8.46. The maximum Gasteiger partial charge on any atom is 0.139 e. The van der Waals surface area contributed by atoms with E-state index in [2.05, 4.69) is 60.9 Å². The van der Waals surface area contributed by atoms with Gasteiger partial charge in [-0.3, -0.25) is 4.79 Å². The molecule has 0 aliphatic heterocycles. The van der Waals surface area contributed by atoms with Gasteiger partial charge in [0.05, 0.1) is 0 Å². The molecule has 0 aromatic rings. The Bertz CT molecular complexity index is 858. The number of fused-ring (bicyclic) bond motifs is 1. The molecule has 38 heavy (non-hydrogen) atoms. The van der Waals surface area contributed by atoms with E-state index < -0.39 is 0 Å². The molecule has 0 bridgehead atoms. The zero-order valence-corrected chi connectivity index (χ0v) is 25.9. The number of hydrogen-bond donors (Lipinski definition) is 0. The lowest BCUT2D eigenvalue weighted by Gasteiger charge is -2.35. The molecule has 5 atom stereocenters. The highest BCUT2D eigenvalue weighted by Crippen LogP contribution is 2.72. The van der Waals surface area contributed by atoms with E-state index in [1.807, 2.05) is 6.08 Å². The van der Waals surface area contributed by atoms with E-state index in [0.29, 0.717) is 29.0 Å². The van der Waals surface area contributed by atoms with Gasteiger partial charge < -0.3 is 0 Å². The molecule has 0 aromatic heterocycles. The molecule has 3 rings (SSSR count). The van der Waals surface area contributed by atoms with Crippen molar-refractivity contribution in [3.8, 4) is 0 Å². The van der Waals surface area contributed by atoms with Gasteiger partial charge in [0.2, 0.25) is 0 Å². The molecule has 0 N–H and O–H groups in total. The second kappa shape index (κ2) is 13.3. The fraction of sp³-hybridized carbons (Fsp3) is 0.757. The molecule has 0 saturated heterocycles. The van der Waals surface area contributed by atoms with E-state index in [4.69, 9.17) is 0 Å². The number of unbranched alkanes of at least 4 members (excludes halogenated alkanes) is 2. The van der Waals surface area contributed by atoms with Crippen molar-refractivity contribution < 1.29 is 4.79 Å². The average molecular weight is 521 g/mol. The summed E-state index contributed by atoms with van der Waals surface area (Å²) in [5.74, 6) is 3.83. The second-order valence-corrected chi connectivity index (χ2v) is 15.2. The van der Waals surface area contributed by atoms with Crippen LogP contribution in [0.2, 0.25) is 0 Å². The van der Waals surface area contributed by atoms with E-state index in [1.165, 1.54) is 74.5 Å². The van der Waals surface area contributed by atoms with Gasteiger partial charge in [0.15, 0.2) is 0 Å². The monoisotopic (exact) mass is 520 g/mol. The van der Waals surface area contributed by atoms with E-state index in [-0.39, 0.29) is 11.3 Å². The third-order valence-electron chi connectivity index (χ3n) is 10.5. The van der Waals surface area contributed by atoms with Gasteiger partial charge in [-0.15, -0.1) is 6.58 Å². The highest BCUT2D eigenvalue weighted by molar-refractivity contribution is 5.85. The van der Waals surface area contributed by atoms with Gasteiger partial charge in [-0.05, 0) is 98.7 Å². The summed E-state index contributed by atoms with van der Waals surface area (Å²) in [5, 5.41) is 0. The van der Waals surface area contributed by atoms with Crippen LogP contribution < -0.4 is 0 Å². The molecule has 0 aromatic carbocycles. The largest absolute Gasteiger partial charge is 0.299 e. The minimum Gasteiger partial charge on any atom is -0.299 e.